The van der Waals surface area contributed by atoms with E-state index in [9.17, 15) is 8.42 Å². The summed E-state index contributed by atoms with van der Waals surface area (Å²) >= 11 is 0. The van der Waals surface area contributed by atoms with E-state index in [-0.39, 0.29) is 0 Å². The largest absolute Gasteiger partial charge is 0.317 e. The Kier molecular flexibility index (Phi) is 9.55. The lowest BCUT2D eigenvalue weighted by atomic mass is 10.3. The molecule has 0 spiro atoms. The molecule has 0 fully saturated rings. The molecule has 0 aliphatic carbocycles. The zero-order chi connectivity index (χ0) is 14.9. The quantitative estimate of drug-likeness (QED) is 0.530. The van der Waals surface area contributed by atoms with Crippen LogP contribution in [0.5, 0.6) is 0 Å². The molecule has 0 aromatic rings. The van der Waals surface area contributed by atoms with E-state index >= 15 is 0 Å². The summed E-state index contributed by atoms with van der Waals surface area (Å²) in [5, 5.41) is 3.18. The van der Waals surface area contributed by atoms with Crippen molar-refractivity contribution in [2.45, 2.75) is 33.2 Å². The Hall–Kier alpha value is -0.210. The number of hydrogen-bond donors (Lipinski definition) is 2. The third kappa shape index (κ3) is 8.54. The van der Waals surface area contributed by atoms with Gasteiger partial charge in [0.15, 0.2) is 0 Å². The molecule has 19 heavy (non-hydrogen) atoms. The van der Waals surface area contributed by atoms with Crippen LogP contribution >= 0.6 is 0 Å². The summed E-state index contributed by atoms with van der Waals surface area (Å²) in [6, 6.07) is 0.419. The van der Waals surface area contributed by atoms with Crippen LogP contribution in [-0.2, 0) is 10.2 Å². The molecule has 0 rings (SSSR count). The standard InChI is InChI=1S/C12H30N4O2S/c1-6-13-8-7-10-16(5)19(17,18)14-9-11-15(4)12(2)3/h12-14H,6-11H2,1-5H3. The van der Waals surface area contributed by atoms with E-state index in [0.717, 1.165) is 19.5 Å². The topological polar surface area (TPSA) is 64.7 Å². The van der Waals surface area contributed by atoms with Gasteiger partial charge >= 0.3 is 0 Å². The Labute approximate surface area is 118 Å². The van der Waals surface area contributed by atoms with Crippen molar-refractivity contribution in [2.24, 2.45) is 0 Å². The van der Waals surface area contributed by atoms with Crippen molar-refractivity contribution >= 4 is 10.2 Å². The average Bonchev–Trinajstić information content (AvgIpc) is 2.33. The number of likely N-dealkylation sites (N-methyl/N-ethyl adjacent to an activating group) is 1. The molecule has 116 valence electrons. The fourth-order valence-electron chi connectivity index (χ4n) is 1.44. The molecule has 0 aromatic heterocycles. The highest BCUT2D eigenvalue weighted by Crippen LogP contribution is 1.96. The highest BCUT2D eigenvalue weighted by molar-refractivity contribution is 7.87. The van der Waals surface area contributed by atoms with Gasteiger partial charge in [-0.05, 0) is 40.4 Å². The van der Waals surface area contributed by atoms with E-state index in [0.29, 0.717) is 25.7 Å². The summed E-state index contributed by atoms with van der Waals surface area (Å²) in [6.07, 6.45) is 0.817. The third-order valence-electron chi connectivity index (χ3n) is 3.12. The Bertz CT molecular complexity index is 320. The molecular formula is C12H30N4O2S. The summed E-state index contributed by atoms with van der Waals surface area (Å²) in [5.74, 6) is 0. The fraction of sp³-hybridized carbons (Fsp3) is 1.00. The normalized spacial score (nSPS) is 12.8. The second kappa shape index (κ2) is 9.66. The van der Waals surface area contributed by atoms with Crippen LogP contribution in [0.15, 0.2) is 0 Å². The highest BCUT2D eigenvalue weighted by Gasteiger charge is 2.16. The van der Waals surface area contributed by atoms with Gasteiger partial charge in [0.1, 0.15) is 0 Å². The third-order valence-corrected chi connectivity index (χ3v) is 4.69. The van der Waals surface area contributed by atoms with Crippen LogP contribution in [0.4, 0.5) is 0 Å². The lowest BCUT2D eigenvalue weighted by Crippen LogP contribution is -2.43. The fourth-order valence-corrected chi connectivity index (χ4v) is 2.38. The van der Waals surface area contributed by atoms with Gasteiger partial charge in [-0.2, -0.15) is 12.7 Å². The van der Waals surface area contributed by atoms with E-state index in [1.165, 1.54) is 4.31 Å². The lowest BCUT2D eigenvalue weighted by molar-refractivity contribution is 0.278. The van der Waals surface area contributed by atoms with Gasteiger partial charge < -0.3 is 10.2 Å². The molecule has 0 aliphatic rings. The van der Waals surface area contributed by atoms with Gasteiger partial charge in [-0.3, -0.25) is 0 Å². The van der Waals surface area contributed by atoms with Crippen molar-refractivity contribution in [1.82, 2.24) is 19.2 Å². The summed E-state index contributed by atoms with van der Waals surface area (Å²) in [6.45, 7) is 9.64. The molecule has 7 heteroatoms. The van der Waals surface area contributed by atoms with Gasteiger partial charge in [-0.15, -0.1) is 0 Å². The molecule has 6 nitrogen and oxygen atoms in total. The molecular weight excluding hydrogens is 264 g/mol. The van der Waals surface area contributed by atoms with E-state index in [1.54, 1.807) is 7.05 Å². The minimum Gasteiger partial charge on any atom is -0.317 e. The van der Waals surface area contributed by atoms with Crippen LogP contribution in [0, 0.1) is 0 Å². The SMILES string of the molecule is CCNCCCN(C)S(=O)(=O)NCCN(C)C(C)C. The molecule has 0 heterocycles. The zero-order valence-corrected chi connectivity index (χ0v) is 13.8. The Balaban J connectivity index is 3.95. The molecule has 0 aliphatic heterocycles. The first-order valence-corrected chi connectivity index (χ1v) is 8.37. The van der Waals surface area contributed by atoms with Crippen LogP contribution in [0.25, 0.3) is 0 Å². The van der Waals surface area contributed by atoms with Gasteiger partial charge in [0.25, 0.3) is 10.2 Å². The first kappa shape index (κ1) is 18.8. The molecule has 0 saturated carbocycles. The molecule has 0 saturated heterocycles. The van der Waals surface area contributed by atoms with Crippen molar-refractivity contribution in [3.63, 3.8) is 0 Å². The number of rotatable bonds is 11. The average molecular weight is 294 g/mol. The zero-order valence-electron chi connectivity index (χ0n) is 12.9. The predicted octanol–water partition coefficient (Wildman–Crippen LogP) is 0.0924. The molecule has 0 bridgehead atoms. The van der Waals surface area contributed by atoms with E-state index in [4.69, 9.17) is 0 Å². The first-order chi connectivity index (χ1) is 8.81. The Morgan fingerprint density at radius 2 is 1.74 bits per heavy atom. The van der Waals surface area contributed by atoms with Crippen LogP contribution in [0.1, 0.15) is 27.2 Å². The smallest absolute Gasteiger partial charge is 0.279 e. The van der Waals surface area contributed by atoms with Crippen molar-refractivity contribution < 1.29 is 8.42 Å². The number of nitrogens with one attached hydrogen (secondary N) is 2. The first-order valence-electron chi connectivity index (χ1n) is 6.93. The molecule has 0 radical (unpaired) electrons. The molecule has 2 N–H and O–H groups in total. The maximum atomic E-state index is 11.9. The highest BCUT2D eigenvalue weighted by atomic mass is 32.2. The van der Waals surface area contributed by atoms with Crippen LogP contribution < -0.4 is 10.0 Å². The van der Waals surface area contributed by atoms with Gasteiger partial charge in [0, 0.05) is 32.7 Å². The minimum atomic E-state index is -3.34. The molecule has 0 aromatic carbocycles. The monoisotopic (exact) mass is 294 g/mol. The second-order valence-electron chi connectivity index (χ2n) is 5.00. The predicted molar refractivity (Wildman–Crippen MR) is 80.5 cm³/mol. The Morgan fingerprint density at radius 1 is 1.11 bits per heavy atom. The van der Waals surface area contributed by atoms with Crippen molar-refractivity contribution in [2.75, 3.05) is 46.8 Å². The lowest BCUT2D eigenvalue weighted by Gasteiger charge is -2.22. The molecule has 0 atom stereocenters. The van der Waals surface area contributed by atoms with Crippen molar-refractivity contribution in [3.8, 4) is 0 Å². The maximum absolute atomic E-state index is 11.9. The summed E-state index contributed by atoms with van der Waals surface area (Å²) in [7, 11) is 0.257. The second-order valence-corrected chi connectivity index (χ2v) is 6.86. The van der Waals surface area contributed by atoms with E-state index in [2.05, 4.69) is 28.8 Å². The van der Waals surface area contributed by atoms with Crippen LogP contribution in [0.3, 0.4) is 0 Å². The summed E-state index contributed by atoms with van der Waals surface area (Å²) in [5.41, 5.74) is 0. The van der Waals surface area contributed by atoms with Gasteiger partial charge in [-0.25, -0.2) is 4.72 Å². The van der Waals surface area contributed by atoms with Gasteiger partial charge in [0.2, 0.25) is 0 Å². The maximum Gasteiger partial charge on any atom is 0.279 e. The van der Waals surface area contributed by atoms with E-state index in [1.807, 2.05) is 14.0 Å². The van der Waals surface area contributed by atoms with Gasteiger partial charge in [-0.1, -0.05) is 6.92 Å². The van der Waals surface area contributed by atoms with Crippen LogP contribution in [-0.4, -0.2) is 70.5 Å². The van der Waals surface area contributed by atoms with E-state index < -0.39 is 10.2 Å². The molecule has 0 unspecified atom stereocenters. The van der Waals surface area contributed by atoms with Crippen molar-refractivity contribution in [3.05, 3.63) is 0 Å². The van der Waals surface area contributed by atoms with Gasteiger partial charge in [0.05, 0.1) is 0 Å². The molecule has 0 amide bonds. The minimum absolute atomic E-state index is 0.419. The number of nitrogens with zero attached hydrogens (tertiary/aromatic N) is 2. The summed E-state index contributed by atoms with van der Waals surface area (Å²) < 4.78 is 27.8. The van der Waals surface area contributed by atoms with Crippen LogP contribution in [0.2, 0.25) is 0 Å². The van der Waals surface area contributed by atoms with Crippen molar-refractivity contribution in [1.29, 1.82) is 0 Å². The number of hydrogen-bond acceptors (Lipinski definition) is 4. The Morgan fingerprint density at radius 3 is 2.26 bits per heavy atom. The summed E-state index contributed by atoms with van der Waals surface area (Å²) in [4.78, 5) is 2.10.